The van der Waals surface area contributed by atoms with Crippen molar-refractivity contribution < 1.29 is 18.3 Å². The van der Waals surface area contributed by atoms with Gasteiger partial charge in [-0.1, -0.05) is 30.7 Å². The molecule has 0 saturated heterocycles. The number of hydrogen-bond acceptors (Lipinski definition) is 2. The number of ether oxygens (including phenoxy) is 1. The number of hydrogen-bond donors (Lipinski definition) is 0. The van der Waals surface area contributed by atoms with E-state index in [1.54, 1.807) is 31.2 Å². The standard InChI is InChI=1S/C24H26F2O2/c1-15(27)12-22-19-3-2-16(13-19)14-23(22)28-24(17-4-8-20(25)9-5-17)18-6-10-21(26)11-7-18/h4-11,16,19,22-24H,2-3,12-14H2,1H3. The van der Waals surface area contributed by atoms with Gasteiger partial charge in [-0.2, -0.15) is 0 Å². The van der Waals surface area contributed by atoms with Crippen LogP contribution in [0.3, 0.4) is 0 Å². The smallest absolute Gasteiger partial charge is 0.130 e. The summed E-state index contributed by atoms with van der Waals surface area (Å²) >= 11 is 0. The van der Waals surface area contributed by atoms with Crippen LogP contribution in [0, 0.1) is 29.4 Å². The van der Waals surface area contributed by atoms with Gasteiger partial charge in [0.05, 0.1) is 6.10 Å². The quantitative estimate of drug-likeness (QED) is 0.624. The van der Waals surface area contributed by atoms with Crippen molar-refractivity contribution >= 4 is 5.78 Å². The maximum Gasteiger partial charge on any atom is 0.130 e. The van der Waals surface area contributed by atoms with Crippen molar-refractivity contribution in [3.63, 3.8) is 0 Å². The lowest BCUT2D eigenvalue weighted by Crippen LogP contribution is -2.36. The fourth-order valence-electron chi connectivity index (χ4n) is 5.11. The van der Waals surface area contributed by atoms with Crippen LogP contribution >= 0.6 is 0 Å². The molecule has 148 valence electrons. The summed E-state index contributed by atoms with van der Waals surface area (Å²) in [5, 5.41) is 0. The number of carbonyl (C=O) groups is 1. The molecule has 4 atom stereocenters. The summed E-state index contributed by atoms with van der Waals surface area (Å²) in [4.78, 5) is 11.9. The minimum absolute atomic E-state index is 0.0183. The summed E-state index contributed by atoms with van der Waals surface area (Å²) in [5.41, 5.74) is 1.68. The van der Waals surface area contributed by atoms with Crippen LogP contribution in [0.15, 0.2) is 48.5 Å². The number of carbonyl (C=O) groups excluding carboxylic acids is 1. The molecule has 0 N–H and O–H groups in total. The first-order valence-electron chi connectivity index (χ1n) is 10.2. The molecule has 4 rings (SSSR count). The van der Waals surface area contributed by atoms with E-state index in [4.69, 9.17) is 4.74 Å². The van der Waals surface area contributed by atoms with Gasteiger partial charge in [0, 0.05) is 6.42 Å². The van der Waals surface area contributed by atoms with Crippen LogP contribution in [0.25, 0.3) is 0 Å². The Labute approximate surface area is 164 Å². The summed E-state index contributed by atoms with van der Waals surface area (Å²) < 4.78 is 33.5. The van der Waals surface area contributed by atoms with Crippen LogP contribution in [0.5, 0.6) is 0 Å². The van der Waals surface area contributed by atoms with Crippen LogP contribution < -0.4 is 0 Å². The monoisotopic (exact) mass is 384 g/mol. The Morgan fingerprint density at radius 3 is 2.07 bits per heavy atom. The molecule has 2 aromatic rings. The fraction of sp³-hybridized carbons (Fsp3) is 0.458. The summed E-state index contributed by atoms with van der Waals surface area (Å²) in [6.07, 6.45) is 4.63. The average molecular weight is 384 g/mol. The van der Waals surface area contributed by atoms with Crippen LogP contribution in [-0.2, 0) is 9.53 Å². The van der Waals surface area contributed by atoms with Crippen LogP contribution in [-0.4, -0.2) is 11.9 Å². The molecule has 0 aliphatic heterocycles. The molecular weight excluding hydrogens is 358 g/mol. The van der Waals surface area contributed by atoms with Gasteiger partial charge < -0.3 is 9.53 Å². The zero-order valence-electron chi connectivity index (χ0n) is 16.1. The molecular formula is C24H26F2O2. The van der Waals surface area contributed by atoms with Crippen LogP contribution in [0.1, 0.15) is 56.3 Å². The van der Waals surface area contributed by atoms with Crippen molar-refractivity contribution in [2.45, 2.75) is 51.2 Å². The van der Waals surface area contributed by atoms with Gasteiger partial charge in [-0.3, -0.25) is 0 Å². The highest BCUT2D eigenvalue weighted by Gasteiger charge is 2.43. The second kappa shape index (κ2) is 8.12. The van der Waals surface area contributed by atoms with Gasteiger partial charge in [0.25, 0.3) is 0 Å². The molecule has 0 heterocycles. The SMILES string of the molecule is CC(=O)CC1C2CCC(C2)CC1OC(c1ccc(F)cc1)c1ccc(F)cc1. The topological polar surface area (TPSA) is 26.3 Å². The fourth-order valence-corrected chi connectivity index (χ4v) is 5.11. The third-order valence-corrected chi connectivity index (χ3v) is 6.41. The molecule has 4 heteroatoms. The molecule has 2 bridgehead atoms. The third-order valence-electron chi connectivity index (χ3n) is 6.41. The Morgan fingerprint density at radius 2 is 1.54 bits per heavy atom. The molecule has 2 nitrogen and oxygen atoms in total. The van der Waals surface area contributed by atoms with Crippen molar-refractivity contribution in [2.24, 2.45) is 17.8 Å². The summed E-state index contributed by atoms with van der Waals surface area (Å²) in [5.74, 6) is 1.01. The highest BCUT2D eigenvalue weighted by atomic mass is 19.1. The van der Waals surface area contributed by atoms with E-state index in [9.17, 15) is 13.6 Å². The van der Waals surface area contributed by atoms with Crippen molar-refractivity contribution in [1.29, 1.82) is 0 Å². The second-order valence-corrected chi connectivity index (χ2v) is 8.40. The molecule has 0 amide bonds. The predicted molar refractivity (Wildman–Crippen MR) is 104 cm³/mol. The maximum absolute atomic E-state index is 13.5. The number of halogens is 2. The Bertz CT molecular complexity index is 770. The van der Waals surface area contributed by atoms with Gasteiger partial charge in [0.15, 0.2) is 0 Å². The van der Waals surface area contributed by atoms with E-state index in [0.717, 1.165) is 17.5 Å². The Hall–Kier alpha value is -2.07. The Kier molecular flexibility index (Phi) is 5.58. The van der Waals surface area contributed by atoms with E-state index in [2.05, 4.69) is 0 Å². The highest BCUT2D eigenvalue weighted by Crippen LogP contribution is 2.49. The van der Waals surface area contributed by atoms with Crippen molar-refractivity contribution in [2.75, 3.05) is 0 Å². The Balaban J connectivity index is 1.65. The van der Waals surface area contributed by atoms with Gasteiger partial charge in [0.1, 0.15) is 23.5 Å². The molecule has 0 radical (unpaired) electrons. The lowest BCUT2D eigenvalue weighted by Gasteiger charge is -2.38. The molecule has 2 aliphatic carbocycles. The van der Waals surface area contributed by atoms with Gasteiger partial charge in [-0.15, -0.1) is 0 Å². The van der Waals surface area contributed by atoms with Crippen LogP contribution in [0.2, 0.25) is 0 Å². The molecule has 2 saturated carbocycles. The predicted octanol–water partition coefficient (Wildman–Crippen LogP) is 5.85. The van der Waals surface area contributed by atoms with Crippen molar-refractivity contribution in [1.82, 2.24) is 0 Å². The first-order valence-corrected chi connectivity index (χ1v) is 10.2. The number of ketones is 1. The maximum atomic E-state index is 13.5. The zero-order valence-corrected chi connectivity index (χ0v) is 16.1. The summed E-state index contributed by atoms with van der Waals surface area (Å²) in [7, 11) is 0. The van der Waals surface area contributed by atoms with E-state index in [1.807, 2.05) is 0 Å². The molecule has 2 fully saturated rings. The van der Waals surface area contributed by atoms with Gasteiger partial charge >= 0.3 is 0 Å². The number of fused-ring (bicyclic) bond motifs is 2. The van der Waals surface area contributed by atoms with Gasteiger partial charge in [-0.05, 0) is 79.3 Å². The molecule has 2 aliphatic rings. The summed E-state index contributed by atoms with van der Waals surface area (Å²) in [6, 6.07) is 12.6. The van der Waals surface area contributed by atoms with Crippen molar-refractivity contribution in [3.05, 3.63) is 71.3 Å². The molecule has 2 aromatic carbocycles. The second-order valence-electron chi connectivity index (χ2n) is 8.40. The van der Waals surface area contributed by atoms with E-state index in [-0.39, 0.29) is 29.4 Å². The van der Waals surface area contributed by atoms with Gasteiger partial charge in [-0.25, -0.2) is 8.78 Å². The lowest BCUT2D eigenvalue weighted by molar-refractivity contribution is -0.122. The van der Waals surface area contributed by atoms with Crippen molar-refractivity contribution in [3.8, 4) is 0 Å². The first kappa shape index (κ1) is 19.3. The van der Waals surface area contributed by atoms with E-state index in [1.165, 1.54) is 43.5 Å². The molecule has 28 heavy (non-hydrogen) atoms. The van der Waals surface area contributed by atoms with E-state index in [0.29, 0.717) is 18.3 Å². The first-order chi connectivity index (χ1) is 13.5. The molecule has 4 unspecified atom stereocenters. The largest absolute Gasteiger partial charge is 0.365 e. The number of rotatable bonds is 6. The average Bonchev–Trinajstić information content (AvgIpc) is 3.07. The molecule has 0 aromatic heterocycles. The summed E-state index contributed by atoms with van der Waals surface area (Å²) in [6.45, 7) is 1.65. The zero-order chi connectivity index (χ0) is 19.7. The third kappa shape index (κ3) is 4.17. The van der Waals surface area contributed by atoms with E-state index < -0.39 is 6.10 Å². The van der Waals surface area contributed by atoms with Gasteiger partial charge in [0.2, 0.25) is 0 Å². The number of benzene rings is 2. The normalized spacial score (nSPS) is 26.6. The Morgan fingerprint density at radius 1 is 0.964 bits per heavy atom. The molecule has 0 spiro atoms. The van der Waals surface area contributed by atoms with Crippen LogP contribution in [0.4, 0.5) is 8.78 Å². The minimum Gasteiger partial charge on any atom is -0.365 e. The number of Topliss-reactive ketones (excluding diaryl/α,β-unsaturated/α-hetero) is 1. The highest BCUT2D eigenvalue weighted by molar-refractivity contribution is 5.75. The van der Waals surface area contributed by atoms with E-state index >= 15 is 0 Å². The minimum atomic E-state index is -0.404. The lowest BCUT2D eigenvalue weighted by atomic mass is 9.75.